The number of rotatable bonds is 26. The van der Waals surface area contributed by atoms with Gasteiger partial charge in [-0.25, -0.2) is 4.79 Å². The number of nitrogens with one attached hydrogen (secondary N) is 2. The summed E-state index contributed by atoms with van der Waals surface area (Å²) in [5.41, 5.74) is 8.50. The van der Waals surface area contributed by atoms with Crippen molar-refractivity contribution >= 4 is 29.8 Å². The Kier molecular flexibility index (Phi) is 46.0. The van der Waals surface area contributed by atoms with Gasteiger partial charge in [-0.15, -0.1) is 0 Å². The normalized spacial score (nSPS) is 9.70. The molecule has 0 aliphatic heterocycles. The van der Waals surface area contributed by atoms with E-state index < -0.39 is 23.9 Å². The molecule has 13 heteroatoms. The van der Waals surface area contributed by atoms with Crippen LogP contribution in [0.5, 0.6) is 0 Å². The number of carboxylic acids is 3. The first-order valence-electron chi connectivity index (χ1n) is 16.2. The van der Waals surface area contributed by atoms with E-state index in [-0.39, 0.29) is 25.4 Å². The summed E-state index contributed by atoms with van der Waals surface area (Å²) in [7, 11) is 0. The van der Waals surface area contributed by atoms with Gasteiger partial charge >= 0.3 is 18.0 Å². The van der Waals surface area contributed by atoms with Crippen LogP contribution in [0, 0.1) is 0 Å². The molecule has 0 aromatic heterocycles. The molecule has 0 bridgehead atoms. The number of hydrogen-bond donors (Lipinski definition) is 8. The molecule has 0 unspecified atom stereocenters. The van der Waals surface area contributed by atoms with Crippen LogP contribution in [0.1, 0.15) is 142 Å². The van der Waals surface area contributed by atoms with Crippen molar-refractivity contribution in [1.29, 1.82) is 0 Å². The molecular weight excluding hydrogens is 572 g/mol. The summed E-state index contributed by atoms with van der Waals surface area (Å²) in [4.78, 5) is 49.4. The van der Waals surface area contributed by atoms with Gasteiger partial charge in [0.1, 0.15) is 0 Å². The third-order valence-corrected chi connectivity index (χ3v) is 5.95. The summed E-state index contributed by atoms with van der Waals surface area (Å²) in [6.45, 7) is 5.48. The monoisotopic (exact) mass is 636 g/mol. The van der Waals surface area contributed by atoms with Crippen LogP contribution >= 0.6 is 0 Å². The lowest BCUT2D eigenvalue weighted by molar-refractivity contribution is -0.139. The van der Waals surface area contributed by atoms with Gasteiger partial charge in [0.15, 0.2) is 0 Å². The first kappa shape index (κ1) is 48.0. The largest absolute Gasteiger partial charge is 0.481 e. The Balaban J connectivity index is -0.000000361. The third kappa shape index (κ3) is 71.9. The van der Waals surface area contributed by atoms with Crippen molar-refractivity contribution in [3.05, 3.63) is 0 Å². The number of carbonyl (C=O) groups excluding carboxylic acids is 2. The quantitative estimate of drug-likeness (QED) is 0.0604. The lowest BCUT2D eigenvalue weighted by Gasteiger charge is -2.06. The smallest absolute Gasteiger partial charge is 0.309 e. The maximum atomic E-state index is 11.6. The van der Waals surface area contributed by atoms with E-state index in [2.05, 4.69) is 29.0 Å². The van der Waals surface area contributed by atoms with Crippen LogP contribution in [0.25, 0.3) is 0 Å². The second kappa shape index (κ2) is 42.2. The van der Waals surface area contributed by atoms with E-state index in [9.17, 15) is 14.4 Å². The van der Waals surface area contributed by atoms with Gasteiger partial charge in [0, 0.05) is 45.8 Å². The number of nitrogens with two attached hydrogens (primary N) is 2. The minimum absolute atomic E-state index is 0.0628. The molecule has 0 saturated heterocycles. The summed E-state index contributed by atoms with van der Waals surface area (Å²) < 4.78 is 0. The van der Waals surface area contributed by atoms with Gasteiger partial charge in [0.25, 0.3) is 5.97 Å². The minimum Gasteiger partial charge on any atom is -0.481 e. The molecule has 0 radical (unpaired) electrons. The lowest BCUT2D eigenvalue weighted by atomic mass is 10.0. The van der Waals surface area contributed by atoms with Gasteiger partial charge in [0.05, 0.1) is 6.61 Å². The van der Waals surface area contributed by atoms with Crippen LogP contribution in [0.4, 0.5) is 4.79 Å². The summed E-state index contributed by atoms with van der Waals surface area (Å²) in [5, 5.41) is 38.3. The number of aliphatic hydroxyl groups is 1. The van der Waals surface area contributed by atoms with Crippen molar-refractivity contribution in [3.8, 4) is 0 Å². The SMILES string of the molecule is CC(=O)O.CCCCCCCCCCCCCCCCCC(=O)NCCNCCO.NC(N)=O.O=C(O)CCCCC(=O)O. The van der Waals surface area contributed by atoms with Crippen LogP contribution in [0.2, 0.25) is 0 Å². The molecule has 0 aliphatic rings. The maximum Gasteiger partial charge on any atom is 0.309 e. The number of aliphatic hydroxyl groups excluding tert-OH is 1. The van der Waals surface area contributed by atoms with E-state index in [0.29, 0.717) is 32.4 Å². The highest BCUT2D eigenvalue weighted by Gasteiger charge is 2.01. The van der Waals surface area contributed by atoms with Gasteiger partial charge in [-0.1, -0.05) is 96.8 Å². The van der Waals surface area contributed by atoms with Gasteiger partial charge in [-0.3, -0.25) is 19.2 Å². The van der Waals surface area contributed by atoms with Crippen LogP contribution in [0.3, 0.4) is 0 Å². The topological polar surface area (TPSA) is 242 Å². The van der Waals surface area contributed by atoms with Crippen LogP contribution < -0.4 is 22.1 Å². The molecule has 0 aromatic rings. The number of carbonyl (C=O) groups is 5. The van der Waals surface area contributed by atoms with Gasteiger partial charge in [0.2, 0.25) is 5.91 Å². The molecule has 0 fully saturated rings. The van der Waals surface area contributed by atoms with E-state index in [4.69, 9.17) is 30.0 Å². The standard InChI is InChI=1S/C22H46N2O2.C6H10O4.C2H4O2.CH4N2O/c1-2-3-4-5-6-7-8-9-10-11-12-13-14-15-16-17-22(26)24-19-18-23-20-21-25;7-5(8)3-1-2-4-6(9)10;1-2(3)4;2-1(3)4/h23,25H,2-21H2,1H3,(H,24,26);1-4H2,(H,7,8)(H,9,10);1H3,(H,3,4);(H4,2,3,4). The average molecular weight is 637 g/mol. The zero-order chi connectivity index (χ0) is 34.3. The van der Waals surface area contributed by atoms with Crippen molar-refractivity contribution in [2.24, 2.45) is 11.5 Å². The molecule has 262 valence electrons. The molecule has 0 saturated carbocycles. The Hall–Kier alpha value is -2.93. The second-order valence-electron chi connectivity index (χ2n) is 10.4. The molecule has 44 heavy (non-hydrogen) atoms. The average Bonchev–Trinajstić information content (AvgIpc) is 2.92. The molecule has 0 spiro atoms. The zero-order valence-electron chi connectivity index (χ0n) is 27.5. The van der Waals surface area contributed by atoms with E-state index in [1.54, 1.807) is 0 Å². The Morgan fingerprint density at radius 2 is 0.864 bits per heavy atom. The fourth-order valence-corrected chi connectivity index (χ4v) is 3.79. The maximum absolute atomic E-state index is 11.6. The molecule has 13 nitrogen and oxygen atoms in total. The van der Waals surface area contributed by atoms with Crippen molar-refractivity contribution in [3.63, 3.8) is 0 Å². The number of carboxylic acid groups (broad SMARTS) is 3. The molecule has 10 N–H and O–H groups in total. The number of primary amides is 2. The summed E-state index contributed by atoms with van der Waals surface area (Å²) in [6.07, 6.45) is 21.9. The number of aliphatic carboxylic acids is 3. The Labute approximate surface area is 264 Å². The van der Waals surface area contributed by atoms with Crippen molar-refractivity contribution in [2.45, 2.75) is 142 Å². The highest BCUT2D eigenvalue weighted by molar-refractivity contribution is 5.75. The van der Waals surface area contributed by atoms with Crippen LogP contribution in [-0.2, 0) is 19.2 Å². The van der Waals surface area contributed by atoms with Crippen molar-refractivity contribution in [2.75, 3.05) is 26.2 Å². The van der Waals surface area contributed by atoms with Crippen LogP contribution in [0.15, 0.2) is 0 Å². The number of unbranched alkanes of at least 4 members (excludes halogenated alkanes) is 15. The van der Waals surface area contributed by atoms with Crippen LogP contribution in [-0.4, -0.2) is 76.5 Å². The first-order valence-corrected chi connectivity index (χ1v) is 16.2. The van der Waals surface area contributed by atoms with Gasteiger partial charge in [-0.05, 0) is 19.3 Å². The Morgan fingerprint density at radius 1 is 0.545 bits per heavy atom. The fraction of sp³-hybridized carbons (Fsp3) is 0.839. The molecule has 0 heterocycles. The third-order valence-electron chi connectivity index (χ3n) is 5.95. The Bertz CT molecular complexity index is 645. The zero-order valence-corrected chi connectivity index (χ0v) is 27.5. The van der Waals surface area contributed by atoms with E-state index in [1.807, 2.05) is 0 Å². The van der Waals surface area contributed by atoms with E-state index >= 15 is 0 Å². The highest BCUT2D eigenvalue weighted by Crippen LogP contribution is 2.13. The molecule has 0 atom stereocenters. The van der Waals surface area contributed by atoms with Crippen molar-refractivity contribution in [1.82, 2.24) is 10.6 Å². The fourth-order valence-electron chi connectivity index (χ4n) is 3.79. The predicted octanol–water partition coefficient (Wildman–Crippen LogP) is 4.78. The molecule has 3 amide bonds. The first-order chi connectivity index (χ1) is 20.9. The highest BCUT2D eigenvalue weighted by atomic mass is 16.4. The molecule has 0 rings (SSSR count). The summed E-state index contributed by atoms with van der Waals surface area (Å²) >= 11 is 0. The predicted molar refractivity (Wildman–Crippen MR) is 173 cm³/mol. The lowest BCUT2D eigenvalue weighted by Crippen LogP contribution is -2.32. The molecular formula is C31H64N4O9. The number of urea groups is 1. The van der Waals surface area contributed by atoms with Gasteiger partial charge in [-0.2, -0.15) is 0 Å². The van der Waals surface area contributed by atoms with E-state index in [0.717, 1.165) is 19.9 Å². The Morgan fingerprint density at radius 3 is 1.18 bits per heavy atom. The van der Waals surface area contributed by atoms with Crippen molar-refractivity contribution < 1.29 is 44.4 Å². The number of amides is 3. The van der Waals surface area contributed by atoms with Gasteiger partial charge < -0.3 is 42.5 Å². The minimum atomic E-state index is -0.870. The number of hydrogen-bond acceptors (Lipinski definition) is 7. The summed E-state index contributed by atoms with van der Waals surface area (Å²) in [5.74, 6) is -2.42. The molecule has 0 aliphatic carbocycles. The van der Waals surface area contributed by atoms with E-state index in [1.165, 1.54) is 89.9 Å². The molecule has 0 aromatic carbocycles. The second-order valence-corrected chi connectivity index (χ2v) is 10.4. The summed E-state index contributed by atoms with van der Waals surface area (Å²) in [6, 6.07) is -0.833.